The minimum atomic E-state index is -1.14. The fraction of sp³-hybridized carbons (Fsp3) is 0.176. The molecule has 0 fully saturated rings. The van der Waals surface area contributed by atoms with Crippen molar-refractivity contribution in [3.05, 3.63) is 59.6 Å². The lowest BCUT2D eigenvalue weighted by Gasteiger charge is -2.12. The normalized spacial score (nSPS) is 11.6. The van der Waals surface area contributed by atoms with E-state index in [2.05, 4.69) is 0 Å². The van der Waals surface area contributed by atoms with Gasteiger partial charge in [0.15, 0.2) is 0 Å². The number of carbonyl (C=O) groups excluding carboxylic acids is 1. The number of aliphatic carboxylic acids is 1. The van der Waals surface area contributed by atoms with E-state index in [1.54, 1.807) is 43.5 Å². The second kappa shape index (κ2) is 7.31. The molecule has 1 aromatic carbocycles. The van der Waals surface area contributed by atoms with Crippen molar-refractivity contribution >= 4 is 17.5 Å². The number of methoxy groups -OCH3 is 2. The minimum Gasteiger partial charge on any atom is -0.497 e. The number of carbonyl (C=O) groups is 2. The Morgan fingerprint density at radius 1 is 1.13 bits per heavy atom. The summed E-state index contributed by atoms with van der Waals surface area (Å²) >= 11 is 0. The first-order valence-electron chi connectivity index (χ1n) is 6.78. The zero-order valence-corrected chi connectivity index (χ0v) is 12.7. The highest BCUT2D eigenvalue weighted by molar-refractivity contribution is 6.04. The molecule has 1 aromatic heterocycles. The minimum absolute atomic E-state index is 0.0140. The largest absolute Gasteiger partial charge is 0.497 e. The van der Waals surface area contributed by atoms with Gasteiger partial charge in [0.2, 0.25) is 0 Å². The number of carboxylic acid groups (broad SMARTS) is 1. The van der Waals surface area contributed by atoms with Crippen molar-refractivity contribution in [2.75, 3.05) is 14.2 Å². The van der Waals surface area contributed by atoms with Crippen LogP contribution in [0, 0.1) is 0 Å². The van der Waals surface area contributed by atoms with E-state index in [9.17, 15) is 9.59 Å². The summed E-state index contributed by atoms with van der Waals surface area (Å²) in [6, 6.07) is 10.2. The third-order valence-corrected chi connectivity index (χ3v) is 3.21. The number of benzene rings is 1. The Kier molecular flexibility index (Phi) is 5.19. The Labute approximate surface area is 132 Å². The monoisotopic (exact) mass is 316 g/mol. The molecule has 23 heavy (non-hydrogen) atoms. The summed E-state index contributed by atoms with van der Waals surface area (Å²) in [4.78, 5) is 23.2. The lowest BCUT2D eigenvalue weighted by molar-refractivity contribution is -0.141. The number of esters is 1. The van der Waals surface area contributed by atoms with Gasteiger partial charge in [-0.25, -0.2) is 4.79 Å². The number of furan rings is 1. The van der Waals surface area contributed by atoms with Gasteiger partial charge in [-0.05, 0) is 29.8 Å². The first-order chi connectivity index (χ1) is 11.1. The molecule has 1 heterocycles. The summed E-state index contributed by atoms with van der Waals surface area (Å²) < 4.78 is 15.2. The molecule has 0 aliphatic rings. The summed E-state index contributed by atoms with van der Waals surface area (Å²) in [5.41, 5.74) is 1.02. The molecule has 120 valence electrons. The Morgan fingerprint density at radius 2 is 1.83 bits per heavy atom. The lowest BCUT2D eigenvalue weighted by atomic mass is 9.95. The van der Waals surface area contributed by atoms with Crippen molar-refractivity contribution in [1.82, 2.24) is 0 Å². The Balaban J connectivity index is 2.65. The third-order valence-electron chi connectivity index (χ3n) is 3.21. The van der Waals surface area contributed by atoms with E-state index in [0.717, 1.165) is 0 Å². The van der Waals surface area contributed by atoms with Gasteiger partial charge in [0.1, 0.15) is 11.5 Å². The molecule has 0 radical (unpaired) electrons. The number of hydrogen-bond donors (Lipinski definition) is 1. The van der Waals surface area contributed by atoms with Crippen LogP contribution in [0.15, 0.2) is 52.7 Å². The number of hydrogen-bond acceptors (Lipinski definition) is 5. The zero-order valence-electron chi connectivity index (χ0n) is 12.7. The first kappa shape index (κ1) is 16.4. The van der Waals surface area contributed by atoms with Crippen LogP contribution in [-0.2, 0) is 14.3 Å². The topological polar surface area (TPSA) is 86.0 Å². The van der Waals surface area contributed by atoms with Gasteiger partial charge in [-0.2, -0.15) is 0 Å². The second-order valence-electron chi connectivity index (χ2n) is 4.62. The molecule has 6 nitrogen and oxygen atoms in total. The van der Waals surface area contributed by atoms with Crippen LogP contribution in [0.1, 0.15) is 17.7 Å². The molecule has 0 atom stereocenters. The number of ether oxygens (including phenoxy) is 2. The average Bonchev–Trinajstić information content (AvgIpc) is 3.08. The van der Waals surface area contributed by atoms with Gasteiger partial charge in [-0.3, -0.25) is 4.79 Å². The van der Waals surface area contributed by atoms with E-state index in [-0.39, 0.29) is 5.57 Å². The molecular weight excluding hydrogens is 300 g/mol. The summed E-state index contributed by atoms with van der Waals surface area (Å²) in [5, 5.41) is 9.11. The molecule has 0 unspecified atom stereocenters. The summed E-state index contributed by atoms with van der Waals surface area (Å²) in [7, 11) is 2.75. The second-order valence-corrected chi connectivity index (χ2v) is 4.62. The predicted molar refractivity (Wildman–Crippen MR) is 82.0 cm³/mol. The Bertz CT molecular complexity index is 710. The molecule has 0 bridgehead atoms. The Morgan fingerprint density at radius 3 is 2.30 bits per heavy atom. The lowest BCUT2D eigenvalue weighted by Crippen LogP contribution is -2.12. The quantitative estimate of drug-likeness (QED) is 0.651. The molecule has 0 aliphatic heterocycles. The highest BCUT2D eigenvalue weighted by Crippen LogP contribution is 2.30. The molecule has 2 aromatic rings. The highest BCUT2D eigenvalue weighted by Gasteiger charge is 2.23. The van der Waals surface area contributed by atoms with E-state index in [1.807, 2.05) is 0 Å². The van der Waals surface area contributed by atoms with Gasteiger partial charge in [-0.15, -0.1) is 0 Å². The van der Waals surface area contributed by atoms with Gasteiger partial charge >= 0.3 is 11.9 Å². The maximum atomic E-state index is 12.1. The average molecular weight is 316 g/mol. The van der Waals surface area contributed by atoms with E-state index in [1.165, 1.54) is 13.4 Å². The van der Waals surface area contributed by atoms with Gasteiger partial charge in [0.05, 0.1) is 32.5 Å². The van der Waals surface area contributed by atoms with E-state index in [0.29, 0.717) is 22.6 Å². The van der Waals surface area contributed by atoms with Crippen LogP contribution in [0.5, 0.6) is 5.75 Å². The van der Waals surface area contributed by atoms with Crippen molar-refractivity contribution in [2.45, 2.75) is 6.42 Å². The standard InChI is InChI=1S/C17H16O6/c1-21-12-7-5-11(6-8-12)16(14-4-3-9-23-14)13(10-15(18)19)17(20)22-2/h3-9H,10H2,1-2H3,(H,18,19)/b16-13-. The number of rotatable bonds is 6. The van der Waals surface area contributed by atoms with Gasteiger partial charge in [-0.1, -0.05) is 12.1 Å². The molecular formula is C17H16O6. The van der Waals surface area contributed by atoms with Crippen LogP contribution in [-0.4, -0.2) is 31.3 Å². The van der Waals surface area contributed by atoms with Crippen LogP contribution in [0.3, 0.4) is 0 Å². The maximum Gasteiger partial charge on any atom is 0.335 e. The SMILES string of the molecule is COC(=O)/C(CC(=O)O)=C(/c1ccc(OC)cc1)c1ccco1. The summed E-state index contributed by atoms with van der Waals surface area (Å²) in [5.74, 6) is -0.820. The van der Waals surface area contributed by atoms with Crippen LogP contribution < -0.4 is 4.74 Å². The molecule has 0 aliphatic carbocycles. The van der Waals surface area contributed by atoms with Crippen LogP contribution >= 0.6 is 0 Å². The molecule has 1 N–H and O–H groups in total. The summed E-state index contributed by atoms with van der Waals surface area (Å²) in [6.45, 7) is 0. The predicted octanol–water partition coefficient (Wildman–Crippen LogP) is 2.74. The smallest absolute Gasteiger partial charge is 0.335 e. The van der Waals surface area contributed by atoms with Crippen LogP contribution in [0.4, 0.5) is 0 Å². The van der Waals surface area contributed by atoms with Crippen molar-refractivity contribution < 1.29 is 28.6 Å². The molecule has 0 amide bonds. The number of carboxylic acids is 1. The van der Waals surface area contributed by atoms with E-state index < -0.39 is 18.4 Å². The molecule has 0 spiro atoms. The molecule has 6 heteroatoms. The Hall–Kier alpha value is -3.02. The molecule has 0 saturated carbocycles. The van der Waals surface area contributed by atoms with Crippen LogP contribution in [0.25, 0.3) is 5.57 Å². The van der Waals surface area contributed by atoms with Gasteiger partial charge < -0.3 is 19.0 Å². The fourth-order valence-electron chi connectivity index (χ4n) is 2.18. The molecule has 0 saturated heterocycles. The van der Waals surface area contributed by atoms with E-state index >= 15 is 0 Å². The van der Waals surface area contributed by atoms with Gasteiger partial charge in [0, 0.05) is 5.57 Å². The highest BCUT2D eigenvalue weighted by atomic mass is 16.5. The van der Waals surface area contributed by atoms with Crippen molar-refractivity contribution in [2.24, 2.45) is 0 Å². The maximum absolute atomic E-state index is 12.1. The van der Waals surface area contributed by atoms with Crippen molar-refractivity contribution in [3.8, 4) is 5.75 Å². The first-order valence-corrected chi connectivity index (χ1v) is 6.78. The van der Waals surface area contributed by atoms with Gasteiger partial charge in [0.25, 0.3) is 0 Å². The summed E-state index contributed by atoms with van der Waals surface area (Å²) in [6.07, 6.45) is 0.975. The van der Waals surface area contributed by atoms with Crippen LogP contribution in [0.2, 0.25) is 0 Å². The third kappa shape index (κ3) is 3.79. The van der Waals surface area contributed by atoms with Crippen molar-refractivity contribution in [3.63, 3.8) is 0 Å². The van der Waals surface area contributed by atoms with Crippen molar-refractivity contribution in [1.29, 1.82) is 0 Å². The fourth-order valence-corrected chi connectivity index (χ4v) is 2.18. The van der Waals surface area contributed by atoms with E-state index in [4.69, 9.17) is 19.0 Å². The zero-order chi connectivity index (χ0) is 16.8. The molecule has 2 rings (SSSR count).